The number of thiophene rings is 1. The summed E-state index contributed by atoms with van der Waals surface area (Å²) in [6, 6.07) is 5.32. The largest absolute Gasteiger partial charge is 0.376 e. The molecule has 2 aromatic heterocycles. The number of anilines is 1. The van der Waals surface area contributed by atoms with Crippen molar-refractivity contribution in [2.75, 3.05) is 18.4 Å². The Morgan fingerprint density at radius 1 is 1.21 bits per heavy atom. The van der Waals surface area contributed by atoms with E-state index in [1.807, 2.05) is 44.5 Å². The number of hydrogen-bond acceptors (Lipinski definition) is 7. The van der Waals surface area contributed by atoms with E-state index in [2.05, 4.69) is 15.5 Å². The highest BCUT2D eigenvalue weighted by atomic mass is 32.2. The van der Waals surface area contributed by atoms with Crippen LogP contribution in [0.5, 0.6) is 0 Å². The fourth-order valence-corrected chi connectivity index (χ4v) is 5.08. The van der Waals surface area contributed by atoms with Crippen molar-refractivity contribution >= 4 is 27.0 Å². The van der Waals surface area contributed by atoms with Gasteiger partial charge >= 0.3 is 0 Å². The van der Waals surface area contributed by atoms with Gasteiger partial charge in [0.1, 0.15) is 0 Å². The summed E-state index contributed by atoms with van der Waals surface area (Å²) in [6.07, 6.45) is 0. The molecule has 150 valence electrons. The molecule has 0 radical (unpaired) electrons. The lowest BCUT2D eigenvalue weighted by Gasteiger charge is -2.20. The molecule has 0 saturated heterocycles. The molecule has 0 atom stereocenters. The maximum absolute atomic E-state index is 12.9. The molecule has 0 unspecified atom stereocenters. The Balaban J connectivity index is 1.83. The van der Waals surface area contributed by atoms with Gasteiger partial charge in [-0.1, -0.05) is 19.0 Å². The van der Waals surface area contributed by atoms with Crippen LogP contribution >= 0.6 is 11.3 Å². The first kappa shape index (κ1) is 20.5. The van der Waals surface area contributed by atoms with Gasteiger partial charge in [0.25, 0.3) is 0 Å². The average molecular weight is 421 g/mol. The van der Waals surface area contributed by atoms with Crippen LogP contribution in [0.2, 0.25) is 0 Å². The van der Waals surface area contributed by atoms with Crippen molar-refractivity contribution in [3.63, 3.8) is 0 Å². The van der Waals surface area contributed by atoms with Gasteiger partial charge in [-0.05, 0) is 48.6 Å². The van der Waals surface area contributed by atoms with Crippen LogP contribution in [-0.4, -0.2) is 36.0 Å². The van der Waals surface area contributed by atoms with Crippen molar-refractivity contribution in [1.29, 1.82) is 0 Å². The van der Waals surface area contributed by atoms with Crippen molar-refractivity contribution < 1.29 is 12.9 Å². The van der Waals surface area contributed by atoms with Crippen molar-refractivity contribution in [1.82, 2.24) is 14.4 Å². The first-order chi connectivity index (χ1) is 13.4. The number of hydrogen-bond donors (Lipinski definition) is 1. The van der Waals surface area contributed by atoms with Gasteiger partial charge in [0.15, 0.2) is 0 Å². The molecule has 0 bridgehead atoms. The molecule has 1 N–H and O–H groups in total. The average Bonchev–Trinajstić information content (AvgIpc) is 3.34. The van der Waals surface area contributed by atoms with Gasteiger partial charge in [-0.15, -0.1) is 0 Å². The zero-order valence-corrected chi connectivity index (χ0v) is 18.0. The topological polar surface area (TPSA) is 88.3 Å². The van der Waals surface area contributed by atoms with E-state index >= 15 is 0 Å². The van der Waals surface area contributed by atoms with E-state index in [9.17, 15) is 8.42 Å². The number of benzene rings is 1. The maximum atomic E-state index is 12.9. The summed E-state index contributed by atoms with van der Waals surface area (Å²) in [7, 11) is -3.53. The van der Waals surface area contributed by atoms with Crippen LogP contribution in [0.1, 0.15) is 30.9 Å². The fraction of sp³-hybridized carbons (Fsp3) is 0.368. The number of aromatic nitrogens is 2. The number of sulfonamides is 1. The predicted octanol–water partition coefficient (Wildman–Crippen LogP) is 4.06. The molecule has 28 heavy (non-hydrogen) atoms. The molecule has 7 nitrogen and oxygen atoms in total. The Hall–Kier alpha value is -2.23. The van der Waals surface area contributed by atoms with Crippen LogP contribution < -0.4 is 5.32 Å². The lowest BCUT2D eigenvalue weighted by molar-refractivity contribution is 0.384. The minimum Gasteiger partial charge on any atom is -0.376 e. The van der Waals surface area contributed by atoms with E-state index < -0.39 is 10.0 Å². The smallest absolute Gasteiger partial charge is 0.246 e. The van der Waals surface area contributed by atoms with E-state index in [4.69, 9.17) is 4.52 Å². The van der Waals surface area contributed by atoms with Gasteiger partial charge in [-0.2, -0.15) is 20.6 Å². The first-order valence-corrected chi connectivity index (χ1v) is 11.5. The lowest BCUT2D eigenvalue weighted by Crippen LogP contribution is -2.30. The number of nitrogens with one attached hydrogen (secondary N) is 1. The minimum absolute atomic E-state index is 0.284. The van der Waals surface area contributed by atoms with Gasteiger partial charge in [0.05, 0.1) is 11.4 Å². The van der Waals surface area contributed by atoms with Gasteiger partial charge in [-0.3, -0.25) is 0 Å². The standard InChI is InChI=1S/C19H24N4O3S2/c1-5-23(6-2)28(24,25)16-9-13(3)14(4)17(10-16)20-11-18-21-19(22-26-18)15-7-8-27-12-15/h7-10,12,20H,5-6,11H2,1-4H3. The summed E-state index contributed by atoms with van der Waals surface area (Å²) >= 11 is 1.57. The third-order valence-corrected chi connectivity index (χ3v) is 7.37. The fourth-order valence-electron chi connectivity index (χ4n) is 2.88. The normalized spacial score (nSPS) is 11.9. The number of aryl methyl sites for hydroxylation is 1. The Morgan fingerprint density at radius 3 is 2.61 bits per heavy atom. The van der Waals surface area contributed by atoms with Crippen molar-refractivity contribution in [3.8, 4) is 11.4 Å². The molecule has 3 rings (SSSR count). The Labute approximate surface area is 169 Å². The second-order valence-electron chi connectivity index (χ2n) is 6.38. The Morgan fingerprint density at radius 2 is 1.96 bits per heavy atom. The molecular formula is C19H24N4O3S2. The van der Waals surface area contributed by atoms with E-state index in [0.29, 0.717) is 31.3 Å². The SMILES string of the molecule is CCN(CC)S(=O)(=O)c1cc(C)c(C)c(NCc2nc(-c3ccsc3)no2)c1. The van der Waals surface area contributed by atoms with Crippen molar-refractivity contribution in [2.45, 2.75) is 39.1 Å². The molecule has 0 fully saturated rings. The maximum Gasteiger partial charge on any atom is 0.246 e. The second kappa shape index (κ2) is 8.42. The van der Waals surface area contributed by atoms with E-state index in [1.54, 1.807) is 23.5 Å². The monoisotopic (exact) mass is 420 g/mol. The lowest BCUT2D eigenvalue weighted by atomic mass is 10.1. The van der Waals surface area contributed by atoms with Gasteiger partial charge < -0.3 is 9.84 Å². The van der Waals surface area contributed by atoms with Crippen LogP contribution in [0, 0.1) is 13.8 Å². The summed E-state index contributed by atoms with van der Waals surface area (Å²) in [5.74, 6) is 0.985. The van der Waals surface area contributed by atoms with E-state index in [1.165, 1.54) is 4.31 Å². The summed E-state index contributed by atoms with van der Waals surface area (Å²) < 4.78 is 32.5. The quantitative estimate of drug-likeness (QED) is 0.591. The van der Waals surface area contributed by atoms with Crippen molar-refractivity contribution in [2.24, 2.45) is 0 Å². The minimum atomic E-state index is -3.53. The molecule has 0 aliphatic carbocycles. The highest BCUT2D eigenvalue weighted by Gasteiger charge is 2.23. The van der Waals surface area contributed by atoms with Crippen molar-refractivity contribution in [3.05, 3.63) is 46.0 Å². The van der Waals surface area contributed by atoms with Crippen LogP contribution in [0.3, 0.4) is 0 Å². The highest BCUT2D eigenvalue weighted by Crippen LogP contribution is 2.27. The van der Waals surface area contributed by atoms with E-state index in [0.717, 1.165) is 22.4 Å². The summed E-state index contributed by atoms with van der Waals surface area (Å²) in [4.78, 5) is 4.67. The van der Waals surface area contributed by atoms with Crippen LogP contribution in [0.4, 0.5) is 5.69 Å². The summed E-state index contributed by atoms with van der Waals surface area (Å²) in [5, 5.41) is 11.1. The molecule has 0 aliphatic heterocycles. The molecule has 0 aliphatic rings. The van der Waals surface area contributed by atoms with Crippen LogP contribution in [-0.2, 0) is 16.6 Å². The molecular weight excluding hydrogens is 396 g/mol. The first-order valence-electron chi connectivity index (χ1n) is 9.07. The molecule has 3 aromatic rings. The predicted molar refractivity (Wildman–Crippen MR) is 111 cm³/mol. The third kappa shape index (κ3) is 4.11. The summed E-state index contributed by atoms with van der Waals surface area (Å²) in [6.45, 7) is 8.71. The van der Waals surface area contributed by atoms with E-state index in [-0.39, 0.29) is 4.90 Å². The molecule has 2 heterocycles. The number of rotatable bonds is 8. The molecule has 9 heteroatoms. The van der Waals surface area contributed by atoms with Crippen LogP contribution in [0.15, 0.2) is 38.4 Å². The Kier molecular flexibility index (Phi) is 6.17. The second-order valence-corrected chi connectivity index (χ2v) is 9.10. The van der Waals surface area contributed by atoms with Gasteiger partial charge in [0.2, 0.25) is 21.7 Å². The van der Waals surface area contributed by atoms with Gasteiger partial charge in [-0.25, -0.2) is 8.42 Å². The highest BCUT2D eigenvalue weighted by molar-refractivity contribution is 7.89. The Bertz CT molecular complexity index is 1040. The number of nitrogens with zero attached hydrogens (tertiary/aromatic N) is 3. The van der Waals surface area contributed by atoms with Crippen LogP contribution in [0.25, 0.3) is 11.4 Å². The molecule has 0 saturated carbocycles. The molecule has 1 aromatic carbocycles. The zero-order valence-electron chi connectivity index (χ0n) is 16.4. The molecule has 0 amide bonds. The molecule has 0 spiro atoms. The van der Waals surface area contributed by atoms with Gasteiger partial charge in [0, 0.05) is 29.7 Å². The third-order valence-electron chi connectivity index (χ3n) is 4.66. The zero-order chi connectivity index (χ0) is 20.3. The summed E-state index contributed by atoms with van der Waals surface area (Å²) in [5.41, 5.74) is 3.54.